The summed E-state index contributed by atoms with van der Waals surface area (Å²) in [5.74, 6) is -0.468. The number of fused-ring (bicyclic) bond motifs is 1. The first-order valence-electron chi connectivity index (χ1n) is 11.5. The first kappa shape index (κ1) is 23.9. The van der Waals surface area contributed by atoms with Crippen molar-refractivity contribution in [2.24, 2.45) is 5.92 Å². The summed E-state index contributed by atoms with van der Waals surface area (Å²) in [7, 11) is 0. The van der Waals surface area contributed by atoms with Gasteiger partial charge in [0.05, 0.1) is 28.9 Å². The van der Waals surface area contributed by atoms with Crippen LogP contribution in [-0.2, 0) is 14.3 Å². The minimum Gasteiger partial charge on any atom is -0.367 e. The third-order valence-corrected chi connectivity index (χ3v) is 8.74. The van der Waals surface area contributed by atoms with Gasteiger partial charge in [0.1, 0.15) is 11.8 Å². The number of nitrogens with one attached hydrogen (secondary N) is 1. The molecule has 34 heavy (non-hydrogen) atoms. The van der Waals surface area contributed by atoms with Crippen LogP contribution >= 0.6 is 34.5 Å². The van der Waals surface area contributed by atoms with Gasteiger partial charge in [-0.25, -0.2) is 4.98 Å². The lowest BCUT2D eigenvalue weighted by atomic mass is 9.80. The highest BCUT2D eigenvalue weighted by atomic mass is 35.5. The number of Topliss-reactive ketones (excluding diaryl/α,β-unsaturated/α-hetero) is 2. The molecule has 5 rings (SSSR count). The van der Waals surface area contributed by atoms with Crippen molar-refractivity contribution >= 4 is 52.0 Å². The molecule has 1 saturated carbocycles. The van der Waals surface area contributed by atoms with Gasteiger partial charge < -0.3 is 10.1 Å². The third-order valence-electron chi connectivity index (χ3n) is 6.99. The zero-order chi connectivity index (χ0) is 23.8. The van der Waals surface area contributed by atoms with Gasteiger partial charge in [-0.1, -0.05) is 24.4 Å². The van der Waals surface area contributed by atoms with Gasteiger partial charge in [0.2, 0.25) is 0 Å². The second-order valence-electron chi connectivity index (χ2n) is 9.04. The minimum atomic E-state index is -0.359. The Labute approximate surface area is 211 Å². The molecule has 1 N–H and O–H groups in total. The number of halogens is 2. The van der Waals surface area contributed by atoms with E-state index in [-0.39, 0.29) is 60.1 Å². The number of alkyl halides is 1. The number of nitrogens with zero attached hydrogens (tertiary/aromatic N) is 2. The summed E-state index contributed by atoms with van der Waals surface area (Å²) in [5.41, 5.74) is 0.876. The van der Waals surface area contributed by atoms with Crippen LogP contribution in [0.25, 0.3) is 10.4 Å². The van der Waals surface area contributed by atoms with Crippen molar-refractivity contribution in [2.75, 3.05) is 19.7 Å². The van der Waals surface area contributed by atoms with Gasteiger partial charge in [-0.3, -0.25) is 19.3 Å². The second-order valence-corrected chi connectivity index (χ2v) is 11.1. The van der Waals surface area contributed by atoms with Crippen LogP contribution in [0.15, 0.2) is 30.5 Å². The van der Waals surface area contributed by atoms with Crippen molar-refractivity contribution in [3.05, 3.63) is 40.5 Å². The summed E-state index contributed by atoms with van der Waals surface area (Å²) in [6.45, 7) is 0.596. The summed E-state index contributed by atoms with van der Waals surface area (Å²) >= 11 is 13.7. The van der Waals surface area contributed by atoms with Crippen molar-refractivity contribution < 1.29 is 19.1 Å². The molecule has 3 fully saturated rings. The molecule has 4 heterocycles. The topological polar surface area (TPSA) is 88.6 Å². The Morgan fingerprint density at radius 3 is 2.82 bits per heavy atom. The third kappa shape index (κ3) is 4.66. The van der Waals surface area contributed by atoms with Crippen LogP contribution in [0.5, 0.6) is 0 Å². The lowest BCUT2D eigenvalue weighted by Gasteiger charge is -2.39. The molecule has 2 unspecified atom stereocenters. The van der Waals surface area contributed by atoms with Gasteiger partial charge in [-0.2, -0.15) is 0 Å². The van der Waals surface area contributed by atoms with Crippen molar-refractivity contribution in [1.29, 1.82) is 0 Å². The Bertz CT molecular complexity index is 1090. The van der Waals surface area contributed by atoms with Gasteiger partial charge >= 0.3 is 0 Å². The molecule has 2 aliphatic heterocycles. The summed E-state index contributed by atoms with van der Waals surface area (Å²) in [6.07, 6.45) is 4.93. The first-order chi connectivity index (χ1) is 16.4. The van der Waals surface area contributed by atoms with Gasteiger partial charge in [0.15, 0.2) is 11.6 Å². The Kier molecular flexibility index (Phi) is 7.04. The molecule has 0 radical (unpaired) electrons. The van der Waals surface area contributed by atoms with Crippen LogP contribution in [0.3, 0.4) is 0 Å². The quantitative estimate of drug-likeness (QED) is 0.461. The number of thiophene rings is 1. The zero-order valence-electron chi connectivity index (χ0n) is 18.4. The van der Waals surface area contributed by atoms with E-state index < -0.39 is 0 Å². The molecule has 5 atom stereocenters. The number of hydrogen-bond acceptors (Lipinski definition) is 7. The van der Waals surface area contributed by atoms with Crippen LogP contribution < -0.4 is 5.32 Å². The molecule has 3 aliphatic rings. The predicted molar refractivity (Wildman–Crippen MR) is 131 cm³/mol. The number of amides is 1. The lowest BCUT2D eigenvalue weighted by Crippen LogP contribution is -2.52. The number of likely N-dealkylation sites (tertiary alicyclic amines) is 1. The molecule has 0 aromatic carbocycles. The van der Waals surface area contributed by atoms with Crippen LogP contribution in [0.1, 0.15) is 35.4 Å². The normalized spacial score (nSPS) is 29.2. The molecule has 180 valence electrons. The smallest absolute Gasteiger partial charge is 0.261 e. The van der Waals surface area contributed by atoms with E-state index in [4.69, 9.17) is 27.9 Å². The molecule has 1 aliphatic carbocycles. The van der Waals surface area contributed by atoms with Crippen molar-refractivity contribution in [1.82, 2.24) is 15.2 Å². The molecule has 10 heteroatoms. The Balaban J connectivity index is 1.22. The van der Waals surface area contributed by atoms with E-state index in [1.54, 1.807) is 18.3 Å². The second kappa shape index (κ2) is 10.0. The fraction of sp³-hybridized carbons (Fsp3) is 0.500. The van der Waals surface area contributed by atoms with Crippen LogP contribution in [0.4, 0.5) is 0 Å². The maximum Gasteiger partial charge on any atom is 0.261 e. The SMILES string of the molecule is O=C(NCC(=O)C1CCCCC1N1C[C@H](Cl)[C@H]2OCC(=O)[C@H]21)c1ccc(-c2ccc(Cl)nc2)s1. The fourth-order valence-corrected chi connectivity index (χ4v) is 6.77. The fourth-order valence-electron chi connectivity index (χ4n) is 5.38. The van der Waals surface area contributed by atoms with E-state index in [9.17, 15) is 14.4 Å². The summed E-state index contributed by atoms with van der Waals surface area (Å²) < 4.78 is 5.61. The average Bonchev–Trinajstić information content (AvgIpc) is 3.56. The molecule has 0 spiro atoms. The monoisotopic (exact) mass is 521 g/mol. The number of ketones is 2. The molecular weight excluding hydrogens is 497 g/mol. The van der Waals surface area contributed by atoms with Gasteiger partial charge in [-0.05, 0) is 37.1 Å². The van der Waals surface area contributed by atoms with Crippen molar-refractivity contribution in [3.63, 3.8) is 0 Å². The number of pyridine rings is 1. The Hall–Kier alpha value is -1.84. The minimum absolute atomic E-state index is 0.00216. The molecule has 2 saturated heterocycles. The Morgan fingerprint density at radius 2 is 2.03 bits per heavy atom. The summed E-state index contributed by atoms with van der Waals surface area (Å²) in [4.78, 5) is 46.0. The van der Waals surface area contributed by atoms with Crippen LogP contribution in [0.2, 0.25) is 5.15 Å². The maximum absolute atomic E-state index is 13.2. The lowest BCUT2D eigenvalue weighted by molar-refractivity contribution is -0.128. The number of ether oxygens (including phenoxy) is 1. The van der Waals surface area contributed by atoms with E-state index in [0.29, 0.717) is 16.6 Å². The highest BCUT2D eigenvalue weighted by Crippen LogP contribution is 2.38. The molecule has 2 aromatic rings. The largest absolute Gasteiger partial charge is 0.367 e. The van der Waals surface area contributed by atoms with Crippen molar-refractivity contribution in [2.45, 2.75) is 49.2 Å². The molecular formula is C24H25Cl2N3O4S. The zero-order valence-corrected chi connectivity index (χ0v) is 20.7. The predicted octanol–water partition coefficient (Wildman–Crippen LogP) is 3.58. The first-order valence-corrected chi connectivity index (χ1v) is 13.1. The number of aromatic nitrogens is 1. The van der Waals surface area contributed by atoms with Gasteiger partial charge in [-0.15, -0.1) is 22.9 Å². The summed E-state index contributed by atoms with van der Waals surface area (Å²) in [5, 5.41) is 2.95. The van der Waals surface area contributed by atoms with E-state index in [1.807, 2.05) is 12.1 Å². The number of carbonyl (C=O) groups is 3. The number of rotatable bonds is 6. The van der Waals surface area contributed by atoms with E-state index in [0.717, 1.165) is 36.1 Å². The van der Waals surface area contributed by atoms with Crippen molar-refractivity contribution in [3.8, 4) is 10.4 Å². The highest BCUT2D eigenvalue weighted by Gasteiger charge is 2.53. The standard InChI is InChI=1S/C24H25Cl2N3O4S/c25-15-11-29(22-18(31)12-33-23(15)22)16-4-2-1-3-14(16)17(30)10-28-24(32)20-7-6-19(34-20)13-5-8-21(26)27-9-13/h5-9,14-16,22-23H,1-4,10-12H2,(H,28,32)/t14?,15-,16?,22+,23+/m0/s1. The Morgan fingerprint density at radius 1 is 1.21 bits per heavy atom. The van der Waals surface area contributed by atoms with Crippen LogP contribution in [0, 0.1) is 5.92 Å². The average molecular weight is 522 g/mol. The van der Waals surface area contributed by atoms with E-state index in [1.165, 1.54) is 11.3 Å². The van der Waals surface area contributed by atoms with Crippen LogP contribution in [-0.4, -0.2) is 70.6 Å². The number of carbonyl (C=O) groups excluding carboxylic acids is 3. The van der Waals surface area contributed by atoms with E-state index >= 15 is 0 Å². The van der Waals surface area contributed by atoms with E-state index in [2.05, 4.69) is 15.2 Å². The number of hydrogen-bond donors (Lipinski definition) is 1. The van der Waals surface area contributed by atoms with Gasteiger partial charge in [0.25, 0.3) is 5.91 Å². The maximum atomic E-state index is 13.2. The molecule has 0 bridgehead atoms. The molecule has 7 nitrogen and oxygen atoms in total. The molecule has 1 amide bonds. The van der Waals surface area contributed by atoms with Gasteiger partial charge in [0, 0.05) is 35.1 Å². The molecule has 2 aromatic heterocycles. The summed E-state index contributed by atoms with van der Waals surface area (Å²) in [6, 6.07) is 6.75. The highest BCUT2D eigenvalue weighted by molar-refractivity contribution is 7.17.